The van der Waals surface area contributed by atoms with Crippen LogP contribution in [-0.4, -0.2) is 10.7 Å². The van der Waals surface area contributed by atoms with Crippen molar-refractivity contribution in [3.05, 3.63) is 59.3 Å². The Labute approximate surface area is 174 Å². The Balaban J connectivity index is 1.39. The molecule has 150 valence electrons. The van der Waals surface area contributed by atoms with Crippen molar-refractivity contribution in [2.75, 3.05) is 5.75 Å². The van der Waals surface area contributed by atoms with E-state index in [1.807, 2.05) is 11.8 Å². The molecule has 0 spiro atoms. The summed E-state index contributed by atoms with van der Waals surface area (Å²) in [6.45, 7) is 4.64. The van der Waals surface area contributed by atoms with Crippen molar-refractivity contribution in [3.63, 3.8) is 0 Å². The van der Waals surface area contributed by atoms with Gasteiger partial charge < -0.3 is 5.73 Å². The summed E-state index contributed by atoms with van der Waals surface area (Å²) in [5.41, 5.74) is 11.2. The van der Waals surface area contributed by atoms with Crippen LogP contribution in [0.1, 0.15) is 81.0 Å². The standard InChI is InChI=1S/C25H34N2S/c1-3-13-25(15-20-6-4-5-7-22(20)24(25)26)14-12-18(2)21-10-11-23(27-16-21)28-17-19-8-9-19/h4-7,10-11,16,18-19,24H,3,8-9,12-15,17,26H2,1-2H3/t18?,24-,25?/m1/s1. The second-order valence-corrected chi connectivity index (χ2v) is 10.1. The molecule has 1 saturated carbocycles. The van der Waals surface area contributed by atoms with Crippen LogP contribution in [0, 0.1) is 11.3 Å². The average molecular weight is 395 g/mol. The minimum absolute atomic E-state index is 0.176. The molecule has 2 N–H and O–H groups in total. The molecule has 0 aliphatic heterocycles. The number of hydrogen-bond donors (Lipinski definition) is 1. The lowest BCUT2D eigenvalue weighted by Crippen LogP contribution is -2.32. The molecule has 2 nitrogen and oxygen atoms in total. The maximum absolute atomic E-state index is 6.80. The zero-order chi connectivity index (χ0) is 19.6. The number of aromatic nitrogens is 1. The third kappa shape index (κ3) is 4.31. The number of hydrogen-bond acceptors (Lipinski definition) is 3. The Bertz CT molecular complexity index is 783. The normalized spacial score (nSPS) is 24.9. The van der Waals surface area contributed by atoms with Crippen LogP contribution in [0.3, 0.4) is 0 Å². The molecule has 3 atom stereocenters. The summed E-state index contributed by atoms with van der Waals surface area (Å²) >= 11 is 1.92. The molecule has 2 unspecified atom stereocenters. The fraction of sp³-hybridized carbons (Fsp3) is 0.560. The lowest BCUT2D eigenvalue weighted by atomic mass is 9.72. The van der Waals surface area contributed by atoms with Crippen LogP contribution < -0.4 is 5.73 Å². The van der Waals surface area contributed by atoms with Gasteiger partial charge in [0.15, 0.2) is 0 Å². The molecule has 1 fully saturated rings. The van der Waals surface area contributed by atoms with E-state index >= 15 is 0 Å². The van der Waals surface area contributed by atoms with Crippen LogP contribution in [-0.2, 0) is 6.42 Å². The monoisotopic (exact) mass is 394 g/mol. The molecule has 1 heterocycles. The molecular formula is C25H34N2S. The maximum Gasteiger partial charge on any atom is 0.0960 e. The number of thioether (sulfide) groups is 1. The zero-order valence-electron chi connectivity index (χ0n) is 17.4. The van der Waals surface area contributed by atoms with Crippen LogP contribution in [0.4, 0.5) is 0 Å². The Morgan fingerprint density at radius 2 is 2.00 bits per heavy atom. The van der Waals surface area contributed by atoms with Crippen LogP contribution in [0.25, 0.3) is 0 Å². The van der Waals surface area contributed by atoms with Gasteiger partial charge in [-0.3, -0.25) is 0 Å². The lowest BCUT2D eigenvalue weighted by molar-refractivity contribution is 0.193. The summed E-state index contributed by atoms with van der Waals surface area (Å²) in [6, 6.07) is 13.5. The largest absolute Gasteiger partial charge is 0.323 e. The Morgan fingerprint density at radius 1 is 1.18 bits per heavy atom. The molecule has 0 saturated heterocycles. The molecule has 4 rings (SSSR count). The van der Waals surface area contributed by atoms with Gasteiger partial charge >= 0.3 is 0 Å². The van der Waals surface area contributed by atoms with Gasteiger partial charge in [-0.25, -0.2) is 4.98 Å². The second-order valence-electron chi connectivity index (χ2n) is 9.09. The van der Waals surface area contributed by atoms with E-state index in [4.69, 9.17) is 10.7 Å². The predicted octanol–water partition coefficient (Wildman–Crippen LogP) is 6.51. The number of rotatable bonds is 9. The Hall–Kier alpha value is -1.32. The fourth-order valence-electron chi connectivity index (χ4n) is 4.86. The van der Waals surface area contributed by atoms with E-state index in [0.29, 0.717) is 5.92 Å². The predicted molar refractivity (Wildman–Crippen MR) is 120 cm³/mol. The van der Waals surface area contributed by atoms with E-state index in [2.05, 4.69) is 56.4 Å². The van der Waals surface area contributed by atoms with E-state index in [-0.39, 0.29) is 11.5 Å². The third-order valence-electron chi connectivity index (χ3n) is 6.91. The summed E-state index contributed by atoms with van der Waals surface area (Å²) in [6.07, 6.45) is 10.8. The van der Waals surface area contributed by atoms with Crippen LogP contribution in [0.5, 0.6) is 0 Å². The number of benzene rings is 1. The first-order chi connectivity index (χ1) is 13.6. The Kier molecular flexibility index (Phi) is 6.13. The number of nitrogens with zero attached hydrogens (tertiary/aromatic N) is 1. The van der Waals surface area contributed by atoms with Crippen molar-refractivity contribution in [1.29, 1.82) is 0 Å². The molecule has 1 aromatic heterocycles. The first-order valence-corrected chi connectivity index (χ1v) is 12.0. The topological polar surface area (TPSA) is 38.9 Å². The van der Waals surface area contributed by atoms with Gasteiger partial charge in [-0.1, -0.05) is 50.6 Å². The summed E-state index contributed by atoms with van der Waals surface area (Å²) < 4.78 is 0. The van der Waals surface area contributed by atoms with Crippen LogP contribution >= 0.6 is 11.8 Å². The molecule has 0 amide bonds. The highest BCUT2D eigenvalue weighted by atomic mass is 32.2. The van der Waals surface area contributed by atoms with Gasteiger partial charge in [0.2, 0.25) is 0 Å². The van der Waals surface area contributed by atoms with E-state index in [0.717, 1.165) is 12.3 Å². The van der Waals surface area contributed by atoms with E-state index in [1.165, 1.54) is 66.0 Å². The van der Waals surface area contributed by atoms with Gasteiger partial charge in [0.25, 0.3) is 0 Å². The van der Waals surface area contributed by atoms with Crippen molar-refractivity contribution < 1.29 is 0 Å². The minimum atomic E-state index is 0.176. The van der Waals surface area contributed by atoms with Gasteiger partial charge in [-0.15, -0.1) is 11.8 Å². The van der Waals surface area contributed by atoms with E-state index in [1.54, 1.807) is 0 Å². The van der Waals surface area contributed by atoms with Crippen molar-refractivity contribution in [2.45, 2.75) is 75.8 Å². The molecule has 28 heavy (non-hydrogen) atoms. The summed E-state index contributed by atoms with van der Waals surface area (Å²) in [5.74, 6) is 2.71. The van der Waals surface area contributed by atoms with Crippen molar-refractivity contribution in [1.82, 2.24) is 4.98 Å². The molecule has 2 aliphatic carbocycles. The SMILES string of the molecule is CCCC1(CCC(C)c2ccc(SCC3CC3)nc2)Cc2ccccc2[C@H]1N. The van der Waals surface area contributed by atoms with Crippen molar-refractivity contribution in [3.8, 4) is 0 Å². The van der Waals surface area contributed by atoms with E-state index < -0.39 is 0 Å². The van der Waals surface area contributed by atoms with E-state index in [9.17, 15) is 0 Å². The lowest BCUT2D eigenvalue weighted by Gasteiger charge is -2.35. The zero-order valence-corrected chi connectivity index (χ0v) is 18.2. The summed E-state index contributed by atoms with van der Waals surface area (Å²) in [4.78, 5) is 4.72. The highest BCUT2D eigenvalue weighted by Crippen LogP contribution is 2.51. The van der Waals surface area contributed by atoms with Gasteiger partial charge in [0, 0.05) is 18.0 Å². The summed E-state index contributed by atoms with van der Waals surface area (Å²) in [7, 11) is 0. The van der Waals surface area contributed by atoms with Crippen LogP contribution in [0.15, 0.2) is 47.6 Å². The third-order valence-corrected chi connectivity index (χ3v) is 8.08. The number of nitrogens with two attached hydrogens (primary N) is 1. The highest BCUT2D eigenvalue weighted by molar-refractivity contribution is 7.99. The maximum atomic E-state index is 6.80. The smallest absolute Gasteiger partial charge is 0.0960 e. The average Bonchev–Trinajstić information content (AvgIpc) is 3.51. The number of fused-ring (bicyclic) bond motifs is 1. The summed E-state index contributed by atoms with van der Waals surface area (Å²) in [5, 5.41) is 1.18. The fourth-order valence-corrected chi connectivity index (χ4v) is 5.89. The quantitative estimate of drug-likeness (QED) is 0.493. The molecule has 2 aromatic rings. The minimum Gasteiger partial charge on any atom is -0.323 e. The van der Waals surface area contributed by atoms with Gasteiger partial charge in [-0.2, -0.15) is 0 Å². The Morgan fingerprint density at radius 3 is 2.68 bits per heavy atom. The first-order valence-electron chi connectivity index (χ1n) is 11.0. The highest BCUT2D eigenvalue weighted by Gasteiger charge is 2.43. The van der Waals surface area contributed by atoms with Gasteiger partial charge in [0.05, 0.1) is 5.03 Å². The molecule has 0 radical (unpaired) electrons. The molecule has 0 bridgehead atoms. The molecule has 1 aromatic carbocycles. The number of pyridine rings is 1. The second kappa shape index (κ2) is 8.59. The molecular weight excluding hydrogens is 360 g/mol. The molecule has 3 heteroatoms. The van der Waals surface area contributed by atoms with Crippen molar-refractivity contribution >= 4 is 11.8 Å². The van der Waals surface area contributed by atoms with Gasteiger partial charge in [-0.05, 0) is 78.5 Å². The molecule has 2 aliphatic rings. The van der Waals surface area contributed by atoms with Gasteiger partial charge in [0.1, 0.15) is 0 Å². The van der Waals surface area contributed by atoms with Crippen LogP contribution in [0.2, 0.25) is 0 Å². The first kappa shape index (κ1) is 20.0. The van der Waals surface area contributed by atoms with Crippen molar-refractivity contribution in [2.24, 2.45) is 17.1 Å².